The lowest BCUT2D eigenvalue weighted by molar-refractivity contribution is -0.135. The zero-order valence-corrected chi connectivity index (χ0v) is 19.4. The molecule has 33 heavy (non-hydrogen) atoms. The molecule has 1 aromatic heterocycles. The van der Waals surface area contributed by atoms with Crippen molar-refractivity contribution in [3.63, 3.8) is 0 Å². The fourth-order valence-electron chi connectivity index (χ4n) is 5.91. The number of piperidine rings is 1. The van der Waals surface area contributed by atoms with E-state index in [1.807, 2.05) is 49.5 Å². The average molecular weight is 445 g/mol. The number of likely N-dealkylation sites (N-methyl/N-ethyl adjacent to an activating group) is 1. The molecular weight excluding hydrogens is 412 g/mol. The number of nitrogens with one attached hydrogen (secondary N) is 1. The quantitative estimate of drug-likeness (QED) is 0.648. The maximum absolute atomic E-state index is 13.2. The summed E-state index contributed by atoms with van der Waals surface area (Å²) in [5, 5.41) is 1.12. The van der Waals surface area contributed by atoms with Gasteiger partial charge in [-0.1, -0.05) is 42.5 Å². The monoisotopic (exact) mass is 444 g/mol. The van der Waals surface area contributed by atoms with Gasteiger partial charge in [-0.2, -0.15) is 0 Å². The predicted octanol–water partition coefficient (Wildman–Crippen LogP) is 3.17. The number of carbonyl (C=O) groups excluding carboxylic acids is 2. The number of aromatic nitrogens is 1. The normalized spacial score (nSPS) is 20.1. The van der Waals surface area contributed by atoms with Crippen LogP contribution in [-0.2, 0) is 21.4 Å². The number of likely N-dealkylation sites (tertiary alicyclic amines) is 1. The Morgan fingerprint density at radius 1 is 1.12 bits per heavy atom. The summed E-state index contributed by atoms with van der Waals surface area (Å²) in [4.78, 5) is 33.0. The van der Waals surface area contributed by atoms with Gasteiger partial charge in [-0.15, -0.1) is 0 Å². The molecule has 1 fully saturated rings. The van der Waals surface area contributed by atoms with E-state index in [1.54, 1.807) is 4.90 Å². The summed E-state index contributed by atoms with van der Waals surface area (Å²) in [5.74, 6) is 0.0866. The Morgan fingerprint density at radius 3 is 2.58 bits per heavy atom. The van der Waals surface area contributed by atoms with E-state index in [9.17, 15) is 9.59 Å². The molecule has 2 aromatic carbocycles. The highest BCUT2D eigenvalue weighted by molar-refractivity contribution is 5.87. The van der Waals surface area contributed by atoms with E-state index in [0.717, 1.165) is 41.3 Å². The van der Waals surface area contributed by atoms with Gasteiger partial charge in [-0.25, -0.2) is 0 Å². The van der Waals surface area contributed by atoms with Gasteiger partial charge in [0.15, 0.2) is 0 Å². The second-order valence-electron chi connectivity index (χ2n) is 9.85. The third-order valence-electron chi connectivity index (χ3n) is 7.71. The summed E-state index contributed by atoms with van der Waals surface area (Å²) in [6, 6.07) is 15.9. The highest BCUT2D eigenvalue weighted by Gasteiger charge is 2.48. The molecule has 2 unspecified atom stereocenters. The van der Waals surface area contributed by atoms with Crippen molar-refractivity contribution < 1.29 is 9.59 Å². The Labute approximate surface area is 194 Å². The van der Waals surface area contributed by atoms with Crippen molar-refractivity contribution in [3.05, 3.63) is 71.4 Å². The van der Waals surface area contributed by atoms with E-state index >= 15 is 0 Å². The number of benzene rings is 2. The van der Waals surface area contributed by atoms with Crippen LogP contribution in [0.5, 0.6) is 0 Å². The van der Waals surface area contributed by atoms with E-state index in [4.69, 9.17) is 5.73 Å². The number of H-pyrrole nitrogens is 1. The highest BCUT2D eigenvalue weighted by atomic mass is 16.2. The van der Waals surface area contributed by atoms with Crippen molar-refractivity contribution in [2.45, 2.75) is 43.1 Å². The van der Waals surface area contributed by atoms with Crippen molar-refractivity contribution in [1.82, 2.24) is 14.8 Å². The molecule has 0 saturated carbocycles. The molecule has 172 valence electrons. The summed E-state index contributed by atoms with van der Waals surface area (Å²) >= 11 is 0. The van der Waals surface area contributed by atoms with Crippen molar-refractivity contribution in [2.24, 2.45) is 5.73 Å². The van der Waals surface area contributed by atoms with Gasteiger partial charge < -0.3 is 20.5 Å². The van der Waals surface area contributed by atoms with Gasteiger partial charge in [0.2, 0.25) is 11.8 Å². The molecule has 1 aliphatic carbocycles. The number of fused-ring (bicyclic) bond motifs is 3. The topological polar surface area (TPSA) is 82.4 Å². The molecule has 1 saturated heterocycles. The summed E-state index contributed by atoms with van der Waals surface area (Å²) in [6.07, 6.45) is 5.04. The first kappa shape index (κ1) is 21.7. The van der Waals surface area contributed by atoms with Crippen LogP contribution in [0.1, 0.15) is 41.9 Å². The Balaban J connectivity index is 1.28. The van der Waals surface area contributed by atoms with Gasteiger partial charge in [-0.3, -0.25) is 9.59 Å². The summed E-state index contributed by atoms with van der Waals surface area (Å²) in [7, 11) is 3.65. The zero-order valence-electron chi connectivity index (χ0n) is 19.4. The standard InChI is InChI=1S/C27H32N4O2/c1-30(2)25(32)21-16-27(22-9-5-3-8-20(21)22)11-13-31(14-12-27)26(33)23(28)15-18-17-29-24-10-6-4-7-19(18)24/h3-10,17,21,23,29H,11-16,28H2,1-2H3. The molecule has 3 aromatic rings. The number of nitrogens with two attached hydrogens (primary N) is 1. The minimum atomic E-state index is -0.558. The van der Waals surface area contributed by atoms with Crippen LogP contribution in [-0.4, -0.2) is 59.8 Å². The molecule has 0 radical (unpaired) electrons. The number of nitrogens with zero attached hydrogens (tertiary/aromatic N) is 2. The maximum Gasteiger partial charge on any atom is 0.239 e. The van der Waals surface area contributed by atoms with Crippen LogP contribution in [0, 0.1) is 0 Å². The Bertz CT molecular complexity index is 1190. The average Bonchev–Trinajstić information content (AvgIpc) is 3.38. The Hall–Kier alpha value is -3.12. The van der Waals surface area contributed by atoms with Crippen LogP contribution in [0.15, 0.2) is 54.7 Å². The van der Waals surface area contributed by atoms with Gasteiger partial charge in [0.1, 0.15) is 0 Å². The molecule has 1 spiro atoms. The molecular formula is C27H32N4O2. The molecule has 6 heteroatoms. The number of aromatic amines is 1. The van der Waals surface area contributed by atoms with E-state index in [-0.39, 0.29) is 23.1 Å². The van der Waals surface area contributed by atoms with Crippen molar-refractivity contribution in [1.29, 1.82) is 0 Å². The largest absolute Gasteiger partial charge is 0.361 e. The third-order valence-corrected chi connectivity index (χ3v) is 7.71. The lowest BCUT2D eigenvalue weighted by Crippen LogP contribution is -2.50. The zero-order chi connectivity index (χ0) is 23.2. The van der Waals surface area contributed by atoms with E-state index < -0.39 is 6.04 Å². The van der Waals surface area contributed by atoms with Gasteiger partial charge in [-0.05, 0) is 48.4 Å². The molecule has 3 N–H and O–H groups in total. The fourth-order valence-corrected chi connectivity index (χ4v) is 5.91. The SMILES string of the molecule is CN(C)C(=O)C1CC2(CCN(C(=O)C(N)Cc3c[nH]c4ccccc34)CC2)c2ccccc21. The van der Waals surface area contributed by atoms with Gasteiger partial charge >= 0.3 is 0 Å². The summed E-state index contributed by atoms with van der Waals surface area (Å²) < 4.78 is 0. The van der Waals surface area contributed by atoms with Crippen LogP contribution in [0.3, 0.4) is 0 Å². The summed E-state index contributed by atoms with van der Waals surface area (Å²) in [5.41, 5.74) is 10.9. The first-order valence-electron chi connectivity index (χ1n) is 11.8. The number of hydrogen-bond acceptors (Lipinski definition) is 3. The molecule has 2 amide bonds. The number of amides is 2. The fraction of sp³-hybridized carbons (Fsp3) is 0.407. The minimum absolute atomic E-state index is 0.0160. The van der Waals surface area contributed by atoms with Crippen molar-refractivity contribution in [2.75, 3.05) is 27.2 Å². The van der Waals surface area contributed by atoms with Crippen LogP contribution < -0.4 is 5.73 Å². The molecule has 2 aliphatic rings. The molecule has 6 nitrogen and oxygen atoms in total. The predicted molar refractivity (Wildman–Crippen MR) is 130 cm³/mol. The van der Waals surface area contributed by atoms with E-state index in [0.29, 0.717) is 19.5 Å². The van der Waals surface area contributed by atoms with Crippen LogP contribution in [0.2, 0.25) is 0 Å². The third kappa shape index (κ3) is 3.72. The maximum atomic E-state index is 13.2. The second kappa shape index (κ2) is 8.34. The molecule has 2 heterocycles. The molecule has 0 bridgehead atoms. The van der Waals surface area contributed by atoms with Crippen LogP contribution in [0.4, 0.5) is 0 Å². The second-order valence-corrected chi connectivity index (χ2v) is 9.85. The number of para-hydroxylation sites is 1. The molecule has 2 atom stereocenters. The van der Waals surface area contributed by atoms with Crippen molar-refractivity contribution in [3.8, 4) is 0 Å². The highest BCUT2D eigenvalue weighted by Crippen LogP contribution is 2.52. The van der Waals surface area contributed by atoms with Gasteiger partial charge in [0.05, 0.1) is 12.0 Å². The number of rotatable bonds is 4. The Morgan fingerprint density at radius 2 is 1.82 bits per heavy atom. The first-order chi connectivity index (χ1) is 15.9. The van der Waals surface area contributed by atoms with Crippen molar-refractivity contribution >= 4 is 22.7 Å². The van der Waals surface area contributed by atoms with Crippen LogP contribution >= 0.6 is 0 Å². The lowest BCUT2D eigenvalue weighted by atomic mass is 9.73. The van der Waals surface area contributed by atoms with E-state index in [2.05, 4.69) is 29.2 Å². The first-order valence-corrected chi connectivity index (χ1v) is 11.8. The minimum Gasteiger partial charge on any atom is -0.361 e. The molecule has 1 aliphatic heterocycles. The number of carbonyl (C=O) groups is 2. The smallest absolute Gasteiger partial charge is 0.239 e. The Kier molecular flexibility index (Phi) is 5.49. The van der Waals surface area contributed by atoms with Gasteiger partial charge in [0.25, 0.3) is 0 Å². The van der Waals surface area contributed by atoms with Gasteiger partial charge in [0, 0.05) is 49.7 Å². The molecule has 5 rings (SSSR count). The lowest BCUT2D eigenvalue weighted by Gasteiger charge is -2.41. The number of hydrogen-bond donors (Lipinski definition) is 2. The summed E-state index contributed by atoms with van der Waals surface area (Å²) in [6.45, 7) is 1.36. The van der Waals surface area contributed by atoms with Crippen LogP contribution in [0.25, 0.3) is 10.9 Å². The van der Waals surface area contributed by atoms with E-state index in [1.165, 1.54) is 5.56 Å².